The van der Waals surface area contributed by atoms with Crippen LogP contribution in [0.3, 0.4) is 0 Å². The summed E-state index contributed by atoms with van der Waals surface area (Å²) in [4.78, 5) is 4.23. The van der Waals surface area contributed by atoms with E-state index in [2.05, 4.69) is 10.1 Å². The van der Waals surface area contributed by atoms with Crippen LogP contribution in [0.2, 0.25) is 5.02 Å². The first-order valence-corrected chi connectivity index (χ1v) is 6.85. The summed E-state index contributed by atoms with van der Waals surface area (Å²) in [6.45, 7) is 6.09. The zero-order valence-electron chi connectivity index (χ0n) is 11.8. The third kappa shape index (κ3) is 3.49. The van der Waals surface area contributed by atoms with E-state index in [1.54, 1.807) is 12.1 Å². The minimum Gasteiger partial charge on any atom is -0.484 e. The van der Waals surface area contributed by atoms with E-state index in [0.29, 0.717) is 22.5 Å². The molecule has 0 amide bonds. The largest absolute Gasteiger partial charge is 0.484 e. The Labute approximate surface area is 123 Å². The molecule has 1 aromatic carbocycles. The van der Waals surface area contributed by atoms with E-state index in [4.69, 9.17) is 26.6 Å². The van der Waals surface area contributed by atoms with Crippen LogP contribution in [-0.4, -0.2) is 10.1 Å². The van der Waals surface area contributed by atoms with Crippen LogP contribution >= 0.6 is 11.6 Å². The van der Waals surface area contributed by atoms with Gasteiger partial charge in [-0.15, -0.1) is 0 Å². The van der Waals surface area contributed by atoms with Crippen LogP contribution in [-0.2, 0) is 6.61 Å². The highest BCUT2D eigenvalue weighted by molar-refractivity contribution is 6.32. The van der Waals surface area contributed by atoms with Gasteiger partial charge >= 0.3 is 0 Å². The molecule has 108 valence electrons. The Morgan fingerprint density at radius 3 is 2.65 bits per heavy atom. The summed E-state index contributed by atoms with van der Waals surface area (Å²) < 4.78 is 10.7. The van der Waals surface area contributed by atoms with E-state index in [1.807, 2.05) is 26.8 Å². The quantitative estimate of drug-likeness (QED) is 0.914. The molecule has 2 rings (SSSR count). The minimum absolute atomic E-state index is 0.0626. The summed E-state index contributed by atoms with van der Waals surface area (Å²) in [6.07, 6.45) is 0. The van der Waals surface area contributed by atoms with Crippen LogP contribution < -0.4 is 10.5 Å². The van der Waals surface area contributed by atoms with Crippen molar-refractivity contribution < 1.29 is 9.26 Å². The Kier molecular flexibility index (Phi) is 4.62. The zero-order chi connectivity index (χ0) is 14.7. The van der Waals surface area contributed by atoms with E-state index in [0.717, 1.165) is 5.56 Å². The van der Waals surface area contributed by atoms with Gasteiger partial charge in [-0.1, -0.05) is 36.7 Å². The Morgan fingerprint density at radius 1 is 1.35 bits per heavy atom. The Morgan fingerprint density at radius 2 is 2.10 bits per heavy atom. The first kappa shape index (κ1) is 14.8. The van der Waals surface area contributed by atoms with Gasteiger partial charge in [-0.25, -0.2) is 0 Å². The second-order valence-electron chi connectivity index (χ2n) is 4.97. The lowest BCUT2D eigenvalue weighted by Gasteiger charge is -2.10. The molecule has 0 saturated carbocycles. The van der Waals surface area contributed by atoms with Crippen molar-refractivity contribution in [1.82, 2.24) is 10.1 Å². The zero-order valence-corrected chi connectivity index (χ0v) is 12.5. The predicted molar refractivity (Wildman–Crippen MR) is 76.8 cm³/mol. The van der Waals surface area contributed by atoms with Crippen molar-refractivity contribution in [3.63, 3.8) is 0 Å². The average Bonchev–Trinajstić information content (AvgIpc) is 2.86. The number of nitrogens with zero attached hydrogens (tertiary/aromatic N) is 2. The molecule has 0 radical (unpaired) electrons. The van der Waals surface area contributed by atoms with E-state index in [1.165, 1.54) is 0 Å². The molecule has 5 nitrogen and oxygen atoms in total. The van der Waals surface area contributed by atoms with E-state index < -0.39 is 0 Å². The highest BCUT2D eigenvalue weighted by atomic mass is 35.5. The smallest absolute Gasteiger partial charge is 0.229 e. The Hall–Kier alpha value is -1.59. The van der Waals surface area contributed by atoms with E-state index in [9.17, 15) is 0 Å². The van der Waals surface area contributed by atoms with Crippen molar-refractivity contribution in [3.05, 3.63) is 40.5 Å². The lowest BCUT2D eigenvalue weighted by molar-refractivity contribution is 0.284. The summed E-state index contributed by atoms with van der Waals surface area (Å²) >= 11 is 6.15. The number of benzene rings is 1. The number of hydrogen-bond acceptors (Lipinski definition) is 5. The Balaban J connectivity index is 2.03. The molecule has 1 aromatic heterocycles. The molecule has 0 fully saturated rings. The highest BCUT2D eigenvalue weighted by Gasteiger charge is 2.11. The van der Waals surface area contributed by atoms with Crippen LogP contribution in [0.5, 0.6) is 5.75 Å². The molecule has 2 aromatic rings. The van der Waals surface area contributed by atoms with Crippen molar-refractivity contribution in [3.8, 4) is 5.75 Å². The van der Waals surface area contributed by atoms with Crippen LogP contribution in [0, 0.1) is 0 Å². The lowest BCUT2D eigenvalue weighted by Crippen LogP contribution is -2.05. The van der Waals surface area contributed by atoms with Gasteiger partial charge < -0.3 is 15.0 Å². The fourth-order valence-corrected chi connectivity index (χ4v) is 1.86. The van der Waals surface area contributed by atoms with Gasteiger partial charge in [0, 0.05) is 12.0 Å². The molecule has 0 aliphatic carbocycles. The normalized spacial score (nSPS) is 12.7. The number of ether oxygens (including phenoxy) is 1. The topological polar surface area (TPSA) is 74.2 Å². The van der Waals surface area contributed by atoms with Gasteiger partial charge in [-0.2, -0.15) is 4.98 Å². The van der Waals surface area contributed by atoms with E-state index >= 15 is 0 Å². The van der Waals surface area contributed by atoms with Crippen LogP contribution in [0.1, 0.15) is 50.0 Å². The number of hydrogen-bond donors (Lipinski definition) is 1. The third-order valence-electron chi connectivity index (χ3n) is 2.82. The summed E-state index contributed by atoms with van der Waals surface area (Å²) in [5.41, 5.74) is 6.76. The highest BCUT2D eigenvalue weighted by Crippen LogP contribution is 2.28. The number of rotatable bonds is 5. The third-order valence-corrected chi connectivity index (χ3v) is 3.11. The molecule has 0 saturated heterocycles. The van der Waals surface area contributed by atoms with Gasteiger partial charge in [0.2, 0.25) is 11.7 Å². The summed E-state index contributed by atoms with van der Waals surface area (Å²) in [5.74, 6) is 1.88. The molecule has 6 heteroatoms. The van der Waals surface area contributed by atoms with Gasteiger partial charge in [0.1, 0.15) is 5.75 Å². The molecular weight excluding hydrogens is 278 g/mol. The second kappa shape index (κ2) is 6.24. The van der Waals surface area contributed by atoms with Crippen molar-refractivity contribution in [2.45, 2.75) is 39.3 Å². The maximum Gasteiger partial charge on any atom is 0.229 e. The predicted octanol–water partition coefficient (Wildman–Crippen LogP) is 3.45. The van der Waals surface area contributed by atoms with Crippen LogP contribution in [0.15, 0.2) is 22.7 Å². The van der Waals surface area contributed by atoms with Gasteiger partial charge in [-0.05, 0) is 24.6 Å². The van der Waals surface area contributed by atoms with Crippen molar-refractivity contribution >= 4 is 11.6 Å². The van der Waals surface area contributed by atoms with Gasteiger partial charge in [0.15, 0.2) is 6.61 Å². The molecule has 2 N–H and O–H groups in total. The second-order valence-corrected chi connectivity index (χ2v) is 5.38. The molecule has 1 atom stereocenters. The fourth-order valence-electron chi connectivity index (χ4n) is 1.62. The van der Waals surface area contributed by atoms with Gasteiger partial charge in [0.05, 0.1) is 5.02 Å². The van der Waals surface area contributed by atoms with Gasteiger partial charge in [-0.3, -0.25) is 0 Å². The van der Waals surface area contributed by atoms with Crippen molar-refractivity contribution in [1.29, 1.82) is 0 Å². The first-order valence-electron chi connectivity index (χ1n) is 6.47. The first-order chi connectivity index (χ1) is 9.47. The molecule has 0 spiro atoms. The summed E-state index contributed by atoms with van der Waals surface area (Å²) in [6, 6.07) is 5.43. The van der Waals surface area contributed by atoms with Crippen molar-refractivity contribution in [2.75, 3.05) is 0 Å². The maximum atomic E-state index is 6.15. The standard InChI is InChI=1S/C14H18ClN3O2/c1-8(2)14-17-13(18-20-14)7-19-12-5-4-10(9(3)16)6-11(12)15/h4-6,8-9H,7,16H2,1-3H3/t9-/m1/s1. The minimum atomic E-state index is -0.0626. The lowest BCUT2D eigenvalue weighted by atomic mass is 10.1. The molecule has 1 heterocycles. The number of aromatic nitrogens is 2. The molecule has 0 aliphatic heterocycles. The SMILES string of the molecule is CC(C)c1nc(COc2ccc([C@@H](C)N)cc2Cl)no1. The molecule has 20 heavy (non-hydrogen) atoms. The van der Waals surface area contributed by atoms with Gasteiger partial charge in [0.25, 0.3) is 0 Å². The maximum absolute atomic E-state index is 6.15. The Bertz CT molecular complexity index is 582. The number of halogens is 1. The summed E-state index contributed by atoms with van der Waals surface area (Å²) in [5, 5.41) is 4.37. The average molecular weight is 296 g/mol. The molecular formula is C14H18ClN3O2. The van der Waals surface area contributed by atoms with Crippen molar-refractivity contribution in [2.24, 2.45) is 5.73 Å². The van der Waals surface area contributed by atoms with Crippen LogP contribution in [0.25, 0.3) is 0 Å². The van der Waals surface area contributed by atoms with E-state index in [-0.39, 0.29) is 18.6 Å². The summed E-state index contributed by atoms with van der Waals surface area (Å²) in [7, 11) is 0. The monoisotopic (exact) mass is 295 g/mol. The molecule has 0 unspecified atom stereocenters. The molecule has 0 aliphatic rings. The molecule has 0 bridgehead atoms. The number of nitrogens with two attached hydrogens (primary N) is 1. The van der Waals surface area contributed by atoms with Crippen LogP contribution in [0.4, 0.5) is 0 Å². The fraction of sp³-hybridized carbons (Fsp3) is 0.429.